The third-order valence-electron chi connectivity index (χ3n) is 14.4. The number of nitrogens with zero attached hydrogens (tertiary/aromatic N) is 3. The van der Waals surface area contributed by atoms with Crippen molar-refractivity contribution in [1.29, 1.82) is 0 Å². The molecule has 22 nitrogen and oxygen atoms in total. The van der Waals surface area contributed by atoms with E-state index in [1.54, 1.807) is 35.2 Å². The number of primary amides is 3. The second-order valence-electron chi connectivity index (χ2n) is 20.7. The Hall–Kier alpha value is -6.69. The van der Waals surface area contributed by atoms with Crippen molar-refractivity contribution in [2.75, 3.05) is 31.9 Å². The number of carbonyl (C=O) groups is 11. The Morgan fingerprint density at radius 1 is 0.714 bits per heavy atom. The quantitative estimate of drug-likeness (QED) is 0.0770. The van der Waals surface area contributed by atoms with Crippen LogP contribution in [0.1, 0.15) is 102 Å². The van der Waals surface area contributed by atoms with Gasteiger partial charge in [-0.3, -0.25) is 52.7 Å². The van der Waals surface area contributed by atoms with Crippen LogP contribution in [0.5, 0.6) is 0 Å². The molecular formula is C53H73N11O11S2. The number of nitrogens with one attached hydrogen (secondary N) is 5. The lowest BCUT2D eigenvalue weighted by molar-refractivity contribution is -0.156. The van der Waals surface area contributed by atoms with Crippen molar-refractivity contribution in [3.05, 3.63) is 71.8 Å². The first-order valence-electron chi connectivity index (χ1n) is 26.4. The van der Waals surface area contributed by atoms with Gasteiger partial charge in [-0.25, -0.2) is 0 Å². The Morgan fingerprint density at radius 3 is 1.94 bits per heavy atom. The van der Waals surface area contributed by atoms with E-state index in [1.165, 1.54) is 31.4 Å². The topological polar surface area (TPSA) is 336 Å². The highest BCUT2D eigenvalue weighted by Gasteiger charge is 2.46. The molecule has 24 heteroatoms. The molecule has 7 rings (SSSR count). The minimum atomic E-state index is -1.73. The lowest BCUT2D eigenvalue weighted by atomic mass is 9.85. The van der Waals surface area contributed by atoms with Gasteiger partial charge in [0.2, 0.25) is 65.0 Å². The first-order chi connectivity index (χ1) is 36.7. The summed E-state index contributed by atoms with van der Waals surface area (Å²) in [6, 6.07) is 9.05. The molecule has 1 saturated carbocycles. The lowest BCUT2D eigenvalue weighted by Crippen LogP contribution is -2.65. The zero-order valence-corrected chi connectivity index (χ0v) is 45.3. The van der Waals surface area contributed by atoms with Gasteiger partial charge in [-0.1, -0.05) is 115 Å². The molecule has 2 bridgehead atoms. The van der Waals surface area contributed by atoms with E-state index in [0.717, 1.165) is 24.8 Å². The molecule has 4 aliphatic heterocycles. The van der Waals surface area contributed by atoms with Crippen LogP contribution in [0.2, 0.25) is 0 Å². The summed E-state index contributed by atoms with van der Waals surface area (Å²) in [7, 11) is 2.65. The Bertz CT molecular complexity index is 2480. The van der Waals surface area contributed by atoms with E-state index in [0.29, 0.717) is 24.8 Å². The first-order valence-corrected chi connectivity index (χ1v) is 28.7. The van der Waals surface area contributed by atoms with E-state index in [2.05, 4.69) is 26.6 Å². The van der Waals surface area contributed by atoms with Crippen molar-refractivity contribution < 1.29 is 52.7 Å². The summed E-state index contributed by atoms with van der Waals surface area (Å²) in [5.41, 5.74) is 17.9. The number of nitrogens with two attached hydrogens (primary N) is 3. The fraction of sp³-hybridized carbons (Fsp3) is 0.566. The van der Waals surface area contributed by atoms with Crippen molar-refractivity contribution in [3.63, 3.8) is 0 Å². The van der Waals surface area contributed by atoms with Crippen LogP contribution < -0.4 is 43.8 Å². The molecule has 2 aromatic carbocycles. The van der Waals surface area contributed by atoms with Gasteiger partial charge in [-0.05, 0) is 55.6 Å². The van der Waals surface area contributed by atoms with Crippen LogP contribution in [0.3, 0.4) is 0 Å². The van der Waals surface area contributed by atoms with Gasteiger partial charge < -0.3 is 58.5 Å². The summed E-state index contributed by atoms with van der Waals surface area (Å²) in [6.07, 6.45) is 3.22. The average Bonchev–Trinajstić information content (AvgIpc) is 3.89. The molecular weight excluding hydrogens is 1030 g/mol. The second kappa shape index (κ2) is 28.1. The zero-order valence-electron chi connectivity index (χ0n) is 43.7. The van der Waals surface area contributed by atoms with E-state index < -0.39 is 125 Å². The van der Waals surface area contributed by atoms with Gasteiger partial charge in [0.15, 0.2) is 0 Å². The number of carbonyl (C=O) groups excluding carboxylic acids is 11. The van der Waals surface area contributed by atoms with Gasteiger partial charge in [0.1, 0.15) is 42.3 Å². The maximum atomic E-state index is 15.2. The van der Waals surface area contributed by atoms with Crippen LogP contribution in [0.4, 0.5) is 0 Å². The number of hydrogen-bond acceptors (Lipinski definition) is 13. The second-order valence-corrected chi connectivity index (χ2v) is 23.6. The van der Waals surface area contributed by atoms with E-state index in [-0.39, 0.29) is 75.7 Å². The molecule has 5 fully saturated rings. The molecule has 0 aromatic heterocycles. The number of hydrogen-bond donors (Lipinski definition) is 8. The molecule has 4 saturated heterocycles. The standard InChI is InChI=1S/C53H73N11O11S2/c1-32(2)25-36(46(69)57-30-44(56)67)60-49(72)39-17-12-22-63(39)51(74)38-31-76-77-53(20-10-5-11-21-53)29-45(68)62-23-24-64(52(75)41(62)27-34-15-8-4-9-16-34)40(26-33-13-6-3-7-14-33)50(73)58-35(18-19-42(54)65)47(70)59-37(28-43(55)66)48(71)61-38/h3-4,6-9,13-16,32,35-41H,5,10-12,17-31H2,1-2H3,(H2,54,65)(H2,55,66)(H2,56,67)(H,57,69)(H,58,73)(H,59,70)(H,60,72)(H,61,71)/t35-,36-,37-,38+,39-,40-,41-/m0/s1. The number of rotatable bonds is 17. The molecule has 0 radical (unpaired) electrons. The van der Waals surface area contributed by atoms with Crippen molar-refractivity contribution in [3.8, 4) is 0 Å². The van der Waals surface area contributed by atoms with E-state index in [1.807, 2.05) is 44.2 Å². The van der Waals surface area contributed by atoms with Crippen LogP contribution in [0, 0.1) is 5.92 Å². The van der Waals surface area contributed by atoms with Gasteiger partial charge in [0.05, 0.1) is 13.0 Å². The lowest BCUT2D eigenvalue weighted by Gasteiger charge is -2.45. The van der Waals surface area contributed by atoms with Crippen molar-refractivity contribution >= 4 is 86.6 Å². The molecule has 7 atom stereocenters. The molecule has 11 N–H and O–H groups in total. The van der Waals surface area contributed by atoms with Gasteiger partial charge in [-0.15, -0.1) is 0 Å². The summed E-state index contributed by atoms with van der Waals surface area (Å²) in [6.45, 7) is 3.37. The van der Waals surface area contributed by atoms with Crippen molar-refractivity contribution in [1.82, 2.24) is 41.3 Å². The van der Waals surface area contributed by atoms with Gasteiger partial charge >= 0.3 is 0 Å². The molecule has 418 valence electrons. The third kappa shape index (κ3) is 16.9. The van der Waals surface area contributed by atoms with Gasteiger partial charge in [-0.2, -0.15) is 0 Å². The van der Waals surface area contributed by atoms with Gasteiger partial charge in [0, 0.05) is 55.8 Å². The normalized spacial score (nSPS) is 24.1. The molecule has 1 aliphatic carbocycles. The largest absolute Gasteiger partial charge is 0.370 e. The Morgan fingerprint density at radius 2 is 1.32 bits per heavy atom. The molecule has 0 unspecified atom stereocenters. The van der Waals surface area contributed by atoms with Crippen LogP contribution in [-0.4, -0.2) is 159 Å². The number of likely N-dealkylation sites (tertiary alicyclic amines) is 1. The minimum absolute atomic E-state index is 0.00196. The molecule has 2 aromatic rings. The van der Waals surface area contributed by atoms with Crippen molar-refractivity contribution in [2.45, 2.75) is 151 Å². The first kappa shape index (κ1) is 59.6. The summed E-state index contributed by atoms with van der Waals surface area (Å²) >= 11 is 0. The van der Waals surface area contributed by atoms with Crippen LogP contribution in [-0.2, 0) is 65.6 Å². The summed E-state index contributed by atoms with van der Waals surface area (Å²) in [5, 5.41) is 13.1. The Kier molecular flexibility index (Phi) is 21.7. The smallest absolute Gasteiger partial charge is 0.246 e. The predicted octanol–water partition coefficient (Wildman–Crippen LogP) is 0.0865. The highest BCUT2D eigenvalue weighted by molar-refractivity contribution is 8.77. The van der Waals surface area contributed by atoms with Gasteiger partial charge in [0.25, 0.3) is 0 Å². The number of fused-ring (bicyclic) bond motifs is 15. The highest BCUT2D eigenvalue weighted by Crippen LogP contribution is 2.49. The van der Waals surface area contributed by atoms with Crippen LogP contribution in [0.15, 0.2) is 60.7 Å². The Labute approximate surface area is 456 Å². The molecule has 4 heterocycles. The monoisotopic (exact) mass is 1100 g/mol. The maximum absolute atomic E-state index is 15.2. The molecule has 77 heavy (non-hydrogen) atoms. The fourth-order valence-electron chi connectivity index (χ4n) is 10.4. The number of piperazine rings is 1. The minimum Gasteiger partial charge on any atom is -0.370 e. The number of benzene rings is 2. The Balaban J connectivity index is 1.39. The predicted molar refractivity (Wildman–Crippen MR) is 288 cm³/mol. The zero-order chi connectivity index (χ0) is 55.8. The summed E-state index contributed by atoms with van der Waals surface area (Å²) in [4.78, 5) is 157. The van der Waals surface area contributed by atoms with Crippen LogP contribution in [0.25, 0.3) is 0 Å². The molecule has 11 amide bonds. The maximum Gasteiger partial charge on any atom is 0.246 e. The number of amides is 11. The van der Waals surface area contributed by atoms with Crippen LogP contribution >= 0.6 is 21.6 Å². The van der Waals surface area contributed by atoms with E-state index >= 15 is 4.79 Å². The van der Waals surface area contributed by atoms with E-state index in [9.17, 15) is 47.9 Å². The molecule has 1 spiro atoms. The summed E-state index contributed by atoms with van der Waals surface area (Å²) < 4.78 is -0.676. The SMILES string of the molecule is CC(C)C[C@H](NC(=O)[C@@H]1CCCN1C(=O)[C@H]1CSSC2(CCCCC2)CC(=O)N2CCN(C(=O)[C@@H]2Cc2ccccc2)[C@@H](Cc2ccccc2)C(=O)N[C@@H](CCC(N)=O)C(=O)N[C@@H](CC(N)=O)C(=O)N1)C(=O)NCC(N)=O. The fourth-order valence-corrected chi connectivity index (χ4v) is 13.8. The molecule has 5 aliphatic rings. The van der Waals surface area contributed by atoms with Crippen molar-refractivity contribution in [2.24, 2.45) is 23.1 Å². The highest BCUT2D eigenvalue weighted by atomic mass is 33.1. The van der Waals surface area contributed by atoms with E-state index in [4.69, 9.17) is 17.2 Å². The third-order valence-corrected chi connectivity index (χ3v) is 17.7. The average molecular weight is 1100 g/mol. The summed E-state index contributed by atoms with van der Waals surface area (Å²) in [5.74, 6) is -8.29.